The number of hydrogen-bond donors (Lipinski definition) is 1. The van der Waals surface area contributed by atoms with Crippen molar-refractivity contribution >= 4 is 24.8 Å². The Labute approximate surface area is 157 Å². The van der Waals surface area contributed by atoms with Crippen molar-refractivity contribution < 1.29 is 9.13 Å². The molecule has 0 bridgehead atoms. The molecule has 1 saturated heterocycles. The van der Waals surface area contributed by atoms with Gasteiger partial charge in [-0.2, -0.15) is 0 Å². The molecule has 1 atom stereocenters. The zero-order valence-electron chi connectivity index (χ0n) is 14.3. The van der Waals surface area contributed by atoms with E-state index in [2.05, 4.69) is 10.2 Å². The third-order valence-electron chi connectivity index (χ3n) is 5.17. The van der Waals surface area contributed by atoms with E-state index in [1.54, 1.807) is 13.2 Å². The largest absolute Gasteiger partial charge is 0.494 e. The highest BCUT2D eigenvalue weighted by Crippen LogP contribution is 2.40. The van der Waals surface area contributed by atoms with Gasteiger partial charge in [0.25, 0.3) is 0 Å². The number of nitrogens with one attached hydrogen (secondary N) is 1. The Morgan fingerprint density at radius 3 is 2.42 bits per heavy atom. The number of methoxy groups -OCH3 is 1. The summed E-state index contributed by atoms with van der Waals surface area (Å²) in [5, 5.41) is 3.40. The summed E-state index contributed by atoms with van der Waals surface area (Å²) in [4.78, 5) is 2.48. The molecule has 1 aliphatic heterocycles. The molecule has 1 heterocycles. The molecule has 1 aromatic rings. The molecule has 6 heteroatoms. The second kappa shape index (κ2) is 10.4. The van der Waals surface area contributed by atoms with Crippen molar-refractivity contribution in [3.63, 3.8) is 0 Å². The van der Waals surface area contributed by atoms with Gasteiger partial charge < -0.3 is 10.1 Å². The van der Waals surface area contributed by atoms with Gasteiger partial charge in [-0.15, -0.1) is 24.8 Å². The van der Waals surface area contributed by atoms with Crippen LogP contribution >= 0.6 is 24.8 Å². The van der Waals surface area contributed by atoms with Crippen LogP contribution in [0.3, 0.4) is 0 Å². The highest BCUT2D eigenvalue weighted by molar-refractivity contribution is 5.85. The molecular weight excluding hydrogens is 350 g/mol. The lowest BCUT2D eigenvalue weighted by molar-refractivity contribution is 0.100. The Balaban J connectivity index is 0.00000144. The van der Waals surface area contributed by atoms with Crippen molar-refractivity contribution in [1.29, 1.82) is 0 Å². The Hall–Kier alpha value is -0.550. The number of hydrogen-bond acceptors (Lipinski definition) is 3. The highest BCUT2D eigenvalue weighted by atomic mass is 35.5. The lowest BCUT2D eigenvalue weighted by Crippen LogP contribution is -2.47. The fourth-order valence-corrected chi connectivity index (χ4v) is 4.07. The van der Waals surface area contributed by atoms with Gasteiger partial charge in [0, 0.05) is 37.8 Å². The zero-order valence-corrected chi connectivity index (χ0v) is 15.9. The molecule has 0 radical (unpaired) electrons. The van der Waals surface area contributed by atoms with Gasteiger partial charge >= 0.3 is 0 Å². The summed E-state index contributed by atoms with van der Waals surface area (Å²) >= 11 is 0. The quantitative estimate of drug-likeness (QED) is 0.849. The normalized spacial score (nSPS) is 20.6. The van der Waals surface area contributed by atoms with Crippen LogP contribution < -0.4 is 10.1 Å². The van der Waals surface area contributed by atoms with Crippen LogP contribution in [-0.2, 0) is 0 Å². The molecule has 3 nitrogen and oxygen atoms in total. The second-order valence-electron chi connectivity index (χ2n) is 6.49. The van der Waals surface area contributed by atoms with Crippen molar-refractivity contribution in [2.45, 2.75) is 38.1 Å². The van der Waals surface area contributed by atoms with Crippen molar-refractivity contribution in [2.24, 2.45) is 5.92 Å². The van der Waals surface area contributed by atoms with Gasteiger partial charge in [-0.1, -0.05) is 31.4 Å². The van der Waals surface area contributed by atoms with Gasteiger partial charge in [-0.05, 0) is 24.8 Å². The van der Waals surface area contributed by atoms with Gasteiger partial charge in [0.1, 0.15) is 0 Å². The molecule has 3 rings (SSSR count). The number of piperazine rings is 1. The average molecular weight is 379 g/mol. The first-order valence-corrected chi connectivity index (χ1v) is 8.58. The molecule has 2 aliphatic rings. The molecule has 24 heavy (non-hydrogen) atoms. The van der Waals surface area contributed by atoms with Gasteiger partial charge in [0.2, 0.25) is 0 Å². The lowest BCUT2D eigenvalue weighted by Gasteiger charge is -2.41. The van der Waals surface area contributed by atoms with E-state index in [-0.39, 0.29) is 36.7 Å². The summed E-state index contributed by atoms with van der Waals surface area (Å²) in [6.07, 6.45) is 6.31. The highest BCUT2D eigenvalue weighted by Gasteiger charge is 2.33. The number of halogens is 3. The van der Waals surface area contributed by atoms with Crippen LogP contribution in [0.4, 0.5) is 4.39 Å². The van der Waals surface area contributed by atoms with Crippen LogP contribution in [-0.4, -0.2) is 38.2 Å². The number of rotatable bonds is 4. The van der Waals surface area contributed by atoms with Crippen LogP contribution in [0.5, 0.6) is 5.75 Å². The fourth-order valence-electron chi connectivity index (χ4n) is 4.07. The van der Waals surface area contributed by atoms with E-state index in [0.29, 0.717) is 11.7 Å². The van der Waals surface area contributed by atoms with Gasteiger partial charge in [0.15, 0.2) is 11.6 Å². The average Bonchev–Trinajstić information content (AvgIpc) is 2.59. The Morgan fingerprint density at radius 2 is 1.79 bits per heavy atom. The van der Waals surface area contributed by atoms with E-state index in [1.165, 1.54) is 32.1 Å². The summed E-state index contributed by atoms with van der Waals surface area (Å²) in [7, 11) is 1.54. The topological polar surface area (TPSA) is 24.5 Å². The van der Waals surface area contributed by atoms with Crippen LogP contribution in [0.25, 0.3) is 0 Å². The van der Waals surface area contributed by atoms with Crippen molar-refractivity contribution in [1.82, 2.24) is 10.2 Å². The summed E-state index contributed by atoms with van der Waals surface area (Å²) in [5.41, 5.74) is 0.827. The maximum Gasteiger partial charge on any atom is 0.169 e. The smallest absolute Gasteiger partial charge is 0.169 e. The van der Waals surface area contributed by atoms with E-state index < -0.39 is 0 Å². The Morgan fingerprint density at radius 1 is 1.12 bits per heavy atom. The predicted molar refractivity (Wildman–Crippen MR) is 101 cm³/mol. The molecule has 1 aromatic carbocycles. The second-order valence-corrected chi connectivity index (χ2v) is 6.49. The first-order chi connectivity index (χ1) is 10.8. The SMILES string of the molecule is COc1cccc([C@@H](C2CCCCC2)N2CCNCC2)c1F.Cl.Cl. The predicted octanol–water partition coefficient (Wildman–Crippen LogP) is 4.20. The summed E-state index contributed by atoms with van der Waals surface area (Å²) in [5.74, 6) is 0.765. The Bertz CT molecular complexity index is 474. The zero-order chi connectivity index (χ0) is 15.4. The standard InChI is InChI=1S/C18H27FN2O.2ClH/c1-22-16-9-5-8-15(17(16)19)18(14-6-3-2-4-7-14)21-12-10-20-11-13-21;;/h5,8-9,14,18,20H,2-4,6-7,10-13H2,1H3;2*1H/t18-;;/m1../s1. The summed E-state index contributed by atoms with van der Waals surface area (Å²) < 4.78 is 20.1. The van der Waals surface area contributed by atoms with Gasteiger partial charge in [-0.25, -0.2) is 4.39 Å². The lowest BCUT2D eigenvalue weighted by atomic mass is 9.80. The van der Waals surface area contributed by atoms with Crippen molar-refractivity contribution in [3.8, 4) is 5.75 Å². The Kier molecular flexibility index (Phi) is 9.35. The molecular formula is C18H29Cl2FN2O. The van der Waals surface area contributed by atoms with Gasteiger partial charge in [0.05, 0.1) is 7.11 Å². The maximum atomic E-state index is 14.9. The third kappa shape index (κ3) is 4.75. The summed E-state index contributed by atoms with van der Waals surface area (Å²) in [6.45, 7) is 3.99. The van der Waals surface area contributed by atoms with E-state index >= 15 is 0 Å². The molecule has 0 amide bonds. The monoisotopic (exact) mass is 378 g/mol. The number of benzene rings is 1. The molecule has 0 spiro atoms. The van der Waals surface area contributed by atoms with Crippen LogP contribution in [0.15, 0.2) is 18.2 Å². The maximum absolute atomic E-state index is 14.9. The minimum atomic E-state index is -0.167. The number of ether oxygens (including phenoxy) is 1. The van der Waals surface area contributed by atoms with Crippen LogP contribution in [0.2, 0.25) is 0 Å². The summed E-state index contributed by atoms with van der Waals surface area (Å²) in [6, 6.07) is 5.79. The molecule has 0 aromatic heterocycles. The van der Waals surface area contributed by atoms with Gasteiger partial charge in [-0.3, -0.25) is 4.90 Å². The minimum Gasteiger partial charge on any atom is -0.494 e. The third-order valence-corrected chi connectivity index (χ3v) is 5.17. The van der Waals surface area contributed by atoms with Crippen LogP contribution in [0, 0.1) is 11.7 Å². The molecule has 2 fully saturated rings. The van der Waals surface area contributed by atoms with E-state index in [4.69, 9.17) is 4.74 Å². The molecule has 1 saturated carbocycles. The molecule has 138 valence electrons. The first-order valence-electron chi connectivity index (χ1n) is 8.58. The van der Waals surface area contributed by atoms with E-state index in [0.717, 1.165) is 31.7 Å². The molecule has 1 N–H and O–H groups in total. The van der Waals surface area contributed by atoms with Crippen molar-refractivity contribution in [2.75, 3.05) is 33.3 Å². The number of nitrogens with zero attached hydrogens (tertiary/aromatic N) is 1. The van der Waals surface area contributed by atoms with E-state index in [1.807, 2.05) is 12.1 Å². The molecule has 1 aliphatic carbocycles. The first kappa shape index (κ1) is 21.5. The van der Waals surface area contributed by atoms with E-state index in [9.17, 15) is 4.39 Å². The fraction of sp³-hybridized carbons (Fsp3) is 0.667. The van der Waals surface area contributed by atoms with Crippen molar-refractivity contribution in [3.05, 3.63) is 29.6 Å². The molecule has 0 unspecified atom stereocenters. The minimum absolute atomic E-state index is 0. The van der Waals surface area contributed by atoms with Crippen LogP contribution in [0.1, 0.15) is 43.7 Å².